The van der Waals surface area contributed by atoms with E-state index < -0.39 is 17.1 Å². The van der Waals surface area contributed by atoms with Gasteiger partial charge in [-0.05, 0) is 74.2 Å². The average Bonchev–Trinajstić information content (AvgIpc) is 3.09. The Labute approximate surface area is 204 Å². The minimum atomic E-state index is -0.478. The molecule has 2 aliphatic heterocycles. The second-order valence-corrected chi connectivity index (χ2v) is 9.55. The predicted octanol–water partition coefficient (Wildman–Crippen LogP) is 4.98. The van der Waals surface area contributed by atoms with Gasteiger partial charge in [0, 0.05) is 36.1 Å². The van der Waals surface area contributed by atoms with Crippen LogP contribution in [0.25, 0.3) is 6.08 Å². The number of anilines is 2. The first-order chi connectivity index (χ1) is 16.4. The summed E-state index contributed by atoms with van der Waals surface area (Å²) in [7, 11) is 1.59. The number of carbonyl (C=O) groups is 3. The smallest absolute Gasteiger partial charge is 0.294 e. The first kappa shape index (κ1) is 23.9. The van der Waals surface area contributed by atoms with E-state index in [1.54, 1.807) is 13.2 Å². The first-order valence-corrected chi connectivity index (χ1v) is 12.2. The standard InChI is InChI=1S/C26H29N3O4S/c1-17-8-7-9-18(2)24(17)27-23(30)16-29-25(31)22(34-26(29)32)14-19-10-11-20(15-21(19)33-3)28-12-5-4-6-13-28/h7-11,14-15H,4-6,12-13,16H2,1-3H3,(H,27,30)/b22-14-. The summed E-state index contributed by atoms with van der Waals surface area (Å²) in [5.41, 5.74) is 4.34. The summed E-state index contributed by atoms with van der Waals surface area (Å²) in [6.07, 6.45) is 5.26. The number of benzene rings is 2. The van der Waals surface area contributed by atoms with Gasteiger partial charge in [-0.25, -0.2) is 0 Å². The summed E-state index contributed by atoms with van der Waals surface area (Å²) >= 11 is 0.835. The molecule has 3 amide bonds. The highest BCUT2D eigenvalue weighted by molar-refractivity contribution is 8.18. The second-order valence-electron chi connectivity index (χ2n) is 8.56. The van der Waals surface area contributed by atoms with Crippen LogP contribution in [0.5, 0.6) is 5.75 Å². The Morgan fingerprint density at radius 2 is 1.79 bits per heavy atom. The summed E-state index contributed by atoms with van der Waals surface area (Å²) in [6, 6.07) is 11.6. The van der Waals surface area contributed by atoms with E-state index in [-0.39, 0.29) is 11.4 Å². The molecule has 0 aromatic heterocycles. The molecule has 2 fully saturated rings. The number of piperidine rings is 1. The summed E-state index contributed by atoms with van der Waals surface area (Å²) in [5.74, 6) is -0.249. The van der Waals surface area contributed by atoms with Gasteiger partial charge >= 0.3 is 0 Å². The van der Waals surface area contributed by atoms with E-state index in [1.165, 1.54) is 19.3 Å². The number of hydrogen-bond acceptors (Lipinski definition) is 6. The van der Waals surface area contributed by atoms with Crippen molar-refractivity contribution in [3.8, 4) is 5.75 Å². The van der Waals surface area contributed by atoms with E-state index in [0.29, 0.717) is 17.0 Å². The van der Waals surface area contributed by atoms with Crippen molar-refractivity contribution in [1.82, 2.24) is 4.90 Å². The zero-order chi connectivity index (χ0) is 24.2. The van der Waals surface area contributed by atoms with Crippen LogP contribution in [0.4, 0.5) is 16.2 Å². The maximum absolute atomic E-state index is 12.9. The van der Waals surface area contributed by atoms with Crippen molar-refractivity contribution in [2.75, 3.05) is 37.0 Å². The van der Waals surface area contributed by atoms with Crippen LogP contribution in [0.2, 0.25) is 0 Å². The number of para-hydroxylation sites is 1. The molecule has 0 aliphatic carbocycles. The van der Waals surface area contributed by atoms with Crippen LogP contribution in [0.1, 0.15) is 36.0 Å². The van der Waals surface area contributed by atoms with Gasteiger partial charge in [0.15, 0.2) is 0 Å². The SMILES string of the molecule is COc1cc(N2CCCCC2)ccc1/C=C1\SC(=O)N(CC(=O)Nc2c(C)cccc2C)C1=O. The largest absolute Gasteiger partial charge is 0.496 e. The zero-order valence-electron chi connectivity index (χ0n) is 19.7. The van der Waals surface area contributed by atoms with E-state index in [9.17, 15) is 14.4 Å². The quantitative estimate of drug-likeness (QED) is 0.589. The van der Waals surface area contributed by atoms with E-state index in [0.717, 1.165) is 46.6 Å². The Kier molecular flexibility index (Phi) is 7.26. The lowest BCUT2D eigenvalue weighted by atomic mass is 10.1. The predicted molar refractivity (Wildman–Crippen MR) is 136 cm³/mol. The third kappa shape index (κ3) is 5.12. The molecular weight excluding hydrogens is 450 g/mol. The van der Waals surface area contributed by atoms with Gasteiger partial charge in [0.05, 0.1) is 12.0 Å². The number of carbonyl (C=O) groups excluding carboxylic acids is 3. The number of amides is 3. The topological polar surface area (TPSA) is 79.0 Å². The van der Waals surface area contributed by atoms with Gasteiger partial charge in [-0.1, -0.05) is 18.2 Å². The molecule has 0 atom stereocenters. The fourth-order valence-corrected chi connectivity index (χ4v) is 5.11. The number of thioether (sulfide) groups is 1. The molecule has 0 spiro atoms. The molecular formula is C26H29N3O4S. The Morgan fingerprint density at radius 3 is 2.47 bits per heavy atom. The third-order valence-electron chi connectivity index (χ3n) is 6.15. The van der Waals surface area contributed by atoms with Crippen molar-refractivity contribution in [1.29, 1.82) is 0 Å². The highest BCUT2D eigenvalue weighted by Crippen LogP contribution is 2.35. The highest BCUT2D eigenvalue weighted by atomic mass is 32.2. The van der Waals surface area contributed by atoms with Crippen LogP contribution in [-0.2, 0) is 9.59 Å². The van der Waals surface area contributed by atoms with Gasteiger partial charge in [-0.15, -0.1) is 0 Å². The van der Waals surface area contributed by atoms with E-state index >= 15 is 0 Å². The molecule has 2 aromatic carbocycles. The van der Waals surface area contributed by atoms with Gasteiger partial charge in [0.25, 0.3) is 11.1 Å². The lowest BCUT2D eigenvalue weighted by Crippen LogP contribution is -2.36. The zero-order valence-corrected chi connectivity index (χ0v) is 20.5. The molecule has 0 unspecified atom stereocenters. The highest BCUT2D eigenvalue weighted by Gasteiger charge is 2.36. The number of aryl methyl sites for hydroxylation is 2. The van der Waals surface area contributed by atoms with Crippen molar-refractivity contribution in [2.24, 2.45) is 0 Å². The lowest BCUT2D eigenvalue weighted by Gasteiger charge is -2.29. The number of methoxy groups -OCH3 is 1. The summed E-state index contributed by atoms with van der Waals surface area (Å²) in [5, 5.41) is 2.37. The number of hydrogen-bond donors (Lipinski definition) is 1. The van der Waals surface area contributed by atoms with Crippen LogP contribution >= 0.6 is 11.8 Å². The van der Waals surface area contributed by atoms with Crippen LogP contribution < -0.4 is 15.0 Å². The number of nitrogens with zero attached hydrogens (tertiary/aromatic N) is 2. The van der Waals surface area contributed by atoms with Gasteiger partial charge in [0.2, 0.25) is 5.91 Å². The molecule has 0 saturated carbocycles. The van der Waals surface area contributed by atoms with Gasteiger partial charge in [0.1, 0.15) is 12.3 Å². The maximum atomic E-state index is 12.9. The fraction of sp³-hybridized carbons (Fsp3) is 0.346. The van der Waals surface area contributed by atoms with Crippen LogP contribution in [0.15, 0.2) is 41.3 Å². The summed E-state index contributed by atoms with van der Waals surface area (Å²) < 4.78 is 5.57. The minimum Gasteiger partial charge on any atom is -0.496 e. The van der Waals surface area contributed by atoms with E-state index in [1.807, 2.05) is 50.2 Å². The van der Waals surface area contributed by atoms with Crippen molar-refractivity contribution in [2.45, 2.75) is 33.1 Å². The third-order valence-corrected chi connectivity index (χ3v) is 7.05. The fourth-order valence-electron chi connectivity index (χ4n) is 4.28. The minimum absolute atomic E-state index is 0.272. The number of imide groups is 1. The monoisotopic (exact) mass is 479 g/mol. The maximum Gasteiger partial charge on any atom is 0.294 e. The van der Waals surface area contributed by atoms with E-state index in [2.05, 4.69) is 10.2 Å². The number of ether oxygens (including phenoxy) is 1. The normalized spacial score (nSPS) is 17.4. The van der Waals surface area contributed by atoms with E-state index in [4.69, 9.17) is 4.74 Å². The Balaban J connectivity index is 1.48. The Bertz CT molecular complexity index is 1130. The van der Waals surface area contributed by atoms with Crippen molar-refractivity contribution in [3.63, 3.8) is 0 Å². The summed E-state index contributed by atoms with van der Waals surface area (Å²) in [6.45, 7) is 5.50. The molecule has 2 heterocycles. The molecule has 178 valence electrons. The van der Waals surface area contributed by atoms with Gasteiger partial charge in [-0.2, -0.15) is 0 Å². The Hall–Kier alpha value is -3.26. The second kappa shape index (κ2) is 10.3. The molecule has 0 radical (unpaired) electrons. The Morgan fingerprint density at radius 1 is 1.09 bits per heavy atom. The lowest BCUT2D eigenvalue weighted by molar-refractivity contribution is -0.127. The molecule has 0 bridgehead atoms. The van der Waals surface area contributed by atoms with Crippen LogP contribution in [0.3, 0.4) is 0 Å². The number of nitrogens with one attached hydrogen (secondary N) is 1. The first-order valence-electron chi connectivity index (χ1n) is 11.4. The van der Waals surface area contributed by atoms with Crippen molar-refractivity contribution >= 4 is 46.3 Å². The average molecular weight is 480 g/mol. The van der Waals surface area contributed by atoms with Gasteiger partial charge in [-0.3, -0.25) is 19.3 Å². The molecule has 4 rings (SSSR count). The molecule has 1 N–H and O–H groups in total. The molecule has 34 heavy (non-hydrogen) atoms. The molecule has 2 aliphatic rings. The van der Waals surface area contributed by atoms with Crippen molar-refractivity contribution in [3.05, 3.63) is 58.0 Å². The molecule has 2 saturated heterocycles. The van der Waals surface area contributed by atoms with Crippen LogP contribution in [0, 0.1) is 13.8 Å². The van der Waals surface area contributed by atoms with Crippen molar-refractivity contribution < 1.29 is 19.1 Å². The number of rotatable bonds is 6. The van der Waals surface area contributed by atoms with Gasteiger partial charge < -0.3 is 15.0 Å². The van der Waals surface area contributed by atoms with Crippen LogP contribution in [-0.4, -0.2) is 48.7 Å². The molecule has 8 heteroatoms. The summed E-state index contributed by atoms with van der Waals surface area (Å²) in [4.78, 5) is 41.7. The molecule has 7 nitrogen and oxygen atoms in total. The molecule has 2 aromatic rings.